The van der Waals surface area contributed by atoms with Crippen LogP contribution < -0.4 is 9.47 Å². The maximum atomic E-state index is 13.8. The largest absolute Gasteiger partial charge is 0.457 e. The van der Waals surface area contributed by atoms with Crippen LogP contribution in [0.4, 0.5) is 0 Å². The van der Waals surface area contributed by atoms with Crippen molar-refractivity contribution in [3.05, 3.63) is 71.8 Å². The fraction of sp³-hybridized carbons (Fsp3) is 0.625. The van der Waals surface area contributed by atoms with Gasteiger partial charge in [-0.1, -0.05) is 37.1 Å². The second kappa shape index (κ2) is 21.4. The quantitative estimate of drug-likeness (QED) is 0.0617. The monoisotopic (exact) mass is 835 g/mol. The lowest BCUT2D eigenvalue weighted by Crippen LogP contribution is -2.46. The summed E-state index contributed by atoms with van der Waals surface area (Å²) in [5.41, 5.74) is -0.836. The van der Waals surface area contributed by atoms with Gasteiger partial charge in [0.15, 0.2) is 0 Å². The van der Waals surface area contributed by atoms with Gasteiger partial charge in [-0.3, -0.25) is 9.59 Å². The number of likely N-dealkylation sites (N-methyl/N-ethyl adjacent to an activating group) is 2. The second-order valence-corrected chi connectivity index (χ2v) is 19.1. The molecule has 2 aromatic carbocycles. The molecule has 2 aliphatic carbocycles. The Morgan fingerprint density at radius 1 is 0.550 bits per heavy atom. The molecule has 2 fully saturated rings. The summed E-state index contributed by atoms with van der Waals surface area (Å²) in [6, 6.07) is 15.3. The van der Waals surface area contributed by atoms with E-state index >= 15 is 0 Å². The average molecular weight is 835 g/mol. The summed E-state index contributed by atoms with van der Waals surface area (Å²) in [4.78, 5) is 56.1. The summed E-state index contributed by atoms with van der Waals surface area (Å²) in [6.45, 7) is 11.6. The first kappa shape index (κ1) is 48.2. The number of hydrogen-bond acceptors (Lipinski definition) is 12. The minimum absolute atomic E-state index is 0.155. The van der Waals surface area contributed by atoms with Crippen molar-refractivity contribution in [3.8, 4) is 11.5 Å². The molecule has 2 aromatic rings. The van der Waals surface area contributed by atoms with E-state index in [4.69, 9.17) is 28.4 Å². The normalized spacial score (nSPS) is 17.7. The lowest BCUT2D eigenvalue weighted by Gasteiger charge is -2.44. The number of rotatable bonds is 18. The molecule has 60 heavy (non-hydrogen) atoms. The van der Waals surface area contributed by atoms with Crippen LogP contribution in [0, 0.1) is 10.8 Å². The van der Waals surface area contributed by atoms with Crippen LogP contribution in [-0.2, 0) is 38.1 Å². The summed E-state index contributed by atoms with van der Waals surface area (Å²) < 4.78 is 34.9. The zero-order chi connectivity index (χ0) is 44.1. The van der Waals surface area contributed by atoms with Gasteiger partial charge in [0.2, 0.25) is 13.6 Å². The molecule has 2 atom stereocenters. The minimum atomic E-state index is -0.788. The van der Waals surface area contributed by atoms with Gasteiger partial charge in [-0.25, -0.2) is 9.59 Å². The molecule has 332 valence electrons. The molecular formula is C48H70N2O10. The highest BCUT2D eigenvalue weighted by Crippen LogP contribution is 2.45. The predicted molar refractivity (Wildman–Crippen MR) is 231 cm³/mol. The lowest BCUT2D eigenvalue weighted by atomic mass is 9.72. The molecule has 0 aromatic heterocycles. The first-order chi connectivity index (χ1) is 28.2. The van der Waals surface area contributed by atoms with E-state index < -0.39 is 34.0 Å². The molecule has 0 amide bonds. The third-order valence-electron chi connectivity index (χ3n) is 11.3. The van der Waals surface area contributed by atoms with Crippen LogP contribution in [0.1, 0.15) is 129 Å². The van der Waals surface area contributed by atoms with E-state index in [1.165, 1.54) is 12.2 Å². The number of nitrogens with zero attached hydrogens (tertiary/aromatic N) is 2. The molecule has 0 bridgehead atoms. The highest BCUT2D eigenvalue weighted by atomic mass is 16.7. The van der Waals surface area contributed by atoms with Gasteiger partial charge in [0.1, 0.15) is 22.7 Å². The lowest BCUT2D eigenvalue weighted by molar-refractivity contribution is -0.164. The van der Waals surface area contributed by atoms with Crippen molar-refractivity contribution in [3.63, 3.8) is 0 Å². The van der Waals surface area contributed by atoms with Crippen molar-refractivity contribution >= 4 is 23.9 Å². The first-order valence-corrected chi connectivity index (χ1v) is 21.5. The third-order valence-corrected chi connectivity index (χ3v) is 11.3. The Morgan fingerprint density at radius 2 is 0.867 bits per heavy atom. The minimum Gasteiger partial charge on any atom is -0.457 e. The molecule has 2 unspecified atom stereocenters. The molecule has 0 radical (unpaired) electrons. The van der Waals surface area contributed by atoms with Gasteiger partial charge in [-0.15, -0.1) is 0 Å². The number of ether oxygens (including phenoxy) is 6. The smallest absolute Gasteiger partial charge is 0.331 e. The van der Waals surface area contributed by atoms with E-state index in [1.54, 1.807) is 41.5 Å². The van der Waals surface area contributed by atoms with Crippen molar-refractivity contribution < 1.29 is 47.6 Å². The van der Waals surface area contributed by atoms with E-state index in [2.05, 4.69) is 9.80 Å². The molecule has 0 saturated heterocycles. The predicted octanol–water partition coefficient (Wildman–Crippen LogP) is 8.58. The summed E-state index contributed by atoms with van der Waals surface area (Å²) in [6.07, 6.45) is 11.0. The first-order valence-electron chi connectivity index (χ1n) is 21.5. The Labute approximate surface area is 358 Å². The van der Waals surface area contributed by atoms with Gasteiger partial charge < -0.3 is 38.2 Å². The summed E-state index contributed by atoms with van der Waals surface area (Å²) in [5.74, 6) is -1.04. The van der Waals surface area contributed by atoms with Crippen LogP contribution in [0.25, 0.3) is 0 Å². The molecule has 2 saturated carbocycles. The van der Waals surface area contributed by atoms with Crippen LogP contribution in [0.15, 0.2) is 60.7 Å². The molecule has 0 heterocycles. The molecule has 0 N–H and O–H groups in total. The van der Waals surface area contributed by atoms with E-state index in [0.717, 1.165) is 49.7 Å². The molecule has 12 nitrogen and oxygen atoms in total. The summed E-state index contributed by atoms with van der Waals surface area (Å²) in [5, 5.41) is 0. The fourth-order valence-corrected chi connectivity index (χ4v) is 8.16. The van der Waals surface area contributed by atoms with Crippen LogP contribution in [0.5, 0.6) is 11.5 Å². The van der Waals surface area contributed by atoms with E-state index in [-0.39, 0.29) is 37.4 Å². The van der Waals surface area contributed by atoms with Gasteiger partial charge in [0, 0.05) is 37.1 Å². The standard InChI is InChI=1S/C48H70N2O10/c1-45(2,3)43(53)57-33-55-37-21-17-35(18-22-37)39(31-49(7)8)47(27-13-11-14-28-47)59-41(51)25-26-42(52)60-48(29-15-12-16-30-48)40(32-50(9)10)36-19-23-38(24-20-36)56-34-58-44(54)46(4,5)6/h17-26,39-40H,11-16,27-34H2,1-10H3/b26-25-. The maximum absolute atomic E-state index is 13.8. The Morgan fingerprint density at radius 3 is 1.15 bits per heavy atom. The Bertz CT molecular complexity index is 1600. The maximum Gasteiger partial charge on any atom is 0.331 e. The number of esters is 4. The zero-order valence-electron chi connectivity index (χ0n) is 37.8. The van der Waals surface area contributed by atoms with Crippen molar-refractivity contribution in [1.82, 2.24) is 9.80 Å². The topological polar surface area (TPSA) is 130 Å². The number of carbonyl (C=O) groups excluding carboxylic acids is 4. The molecule has 0 aliphatic heterocycles. The van der Waals surface area contributed by atoms with Crippen LogP contribution in [0.3, 0.4) is 0 Å². The molecule has 4 rings (SSSR count). The summed E-state index contributed by atoms with van der Waals surface area (Å²) >= 11 is 0. The van der Waals surface area contributed by atoms with E-state index in [1.807, 2.05) is 76.7 Å². The third kappa shape index (κ3) is 14.1. The highest BCUT2D eigenvalue weighted by molar-refractivity contribution is 5.92. The molecule has 0 spiro atoms. The van der Waals surface area contributed by atoms with Gasteiger partial charge in [0.05, 0.1) is 10.8 Å². The number of carbonyl (C=O) groups is 4. The van der Waals surface area contributed by atoms with Gasteiger partial charge in [-0.2, -0.15) is 0 Å². The van der Waals surface area contributed by atoms with Gasteiger partial charge >= 0.3 is 23.9 Å². The van der Waals surface area contributed by atoms with E-state index in [9.17, 15) is 19.2 Å². The molecule has 12 heteroatoms. The number of hydrogen-bond donors (Lipinski definition) is 0. The molecular weight excluding hydrogens is 765 g/mol. The van der Waals surface area contributed by atoms with Gasteiger partial charge in [0.25, 0.3) is 0 Å². The van der Waals surface area contributed by atoms with Crippen LogP contribution in [0.2, 0.25) is 0 Å². The molecule has 2 aliphatic rings. The number of benzene rings is 2. The van der Waals surface area contributed by atoms with Crippen molar-refractivity contribution in [2.24, 2.45) is 10.8 Å². The second-order valence-electron chi connectivity index (χ2n) is 19.1. The Kier molecular flexibility index (Phi) is 17.2. The zero-order valence-corrected chi connectivity index (χ0v) is 37.8. The highest BCUT2D eigenvalue weighted by Gasteiger charge is 2.46. The average Bonchev–Trinajstić information content (AvgIpc) is 3.18. The van der Waals surface area contributed by atoms with Crippen LogP contribution >= 0.6 is 0 Å². The Hall–Kier alpha value is -4.42. The van der Waals surface area contributed by atoms with Crippen LogP contribution in [-0.4, -0.2) is 99.7 Å². The van der Waals surface area contributed by atoms with Crippen molar-refractivity contribution in [1.29, 1.82) is 0 Å². The van der Waals surface area contributed by atoms with Gasteiger partial charge in [-0.05, 0) is 156 Å². The van der Waals surface area contributed by atoms with Crippen molar-refractivity contribution in [2.75, 3.05) is 54.9 Å². The SMILES string of the molecule is CN(C)CC(c1ccc(OCOC(=O)C(C)(C)C)cc1)C1(OC(=O)/C=C\C(=O)OC2(C(CN(C)C)c3ccc(OCOC(=O)C(C)(C)C)cc3)CCCCC2)CCCCC1. The Balaban J connectivity index is 1.49. The fourth-order valence-electron chi connectivity index (χ4n) is 8.16. The van der Waals surface area contributed by atoms with E-state index in [0.29, 0.717) is 50.3 Å². The van der Waals surface area contributed by atoms with Crippen molar-refractivity contribution in [2.45, 2.75) is 129 Å². The summed E-state index contributed by atoms with van der Waals surface area (Å²) in [7, 11) is 8.01.